The molecule has 2 heterocycles. The Morgan fingerprint density at radius 1 is 1.50 bits per heavy atom. The summed E-state index contributed by atoms with van der Waals surface area (Å²) in [5.41, 5.74) is 3.95. The maximum absolute atomic E-state index is 12.0. The number of nitrogens with one attached hydrogen (secondary N) is 1. The van der Waals surface area contributed by atoms with Crippen LogP contribution in [0.2, 0.25) is 0 Å². The molecule has 14 heteroatoms. The molecule has 1 saturated heterocycles. The molecule has 5 N–H and O–H groups in total. The average molecular weight is 409 g/mol. The zero-order chi connectivity index (χ0) is 19.3. The molecule has 2 unspecified atom stereocenters. The van der Waals surface area contributed by atoms with Crippen LogP contribution in [0, 0.1) is 11.8 Å². The van der Waals surface area contributed by atoms with E-state index in [1.165, 1.54) is 6.20 Å². The van der Waals surface area contributed by atoms with Gasteiger partial charge in [0.2, 0.25) is 0 Å². The summed E-state index contributed by atoms with van der Waals surface area (Å²) in [7, 11) is -8.31. The molecule has 26 heavy (non-hydrogen) atoms. The van der Waals surface area contributed by atoms with E-state index in [0.29, 0.717) is 12.8 Å². The van der Waals surface area contributed by atoms with Crippen LogP contribution in [0.1, 0.15) is 24.6 Å². The number of aromatic amines is 1. The van der Waals surface area contributed by atoms with Crippen LogP contribution in [-0.4, -0.2) is 38.6 Å². The zero-order valence-corrected chi connectivity index (χ0v) is 15.2. The molecule has 12 nitrogen and oxygen atoms in total. The van der Waals surface area contributed by atoms with Crippen LogP contribution >= 0.6 is 16.1 Å². The third-order valence-corrected chi connectivity index (χ3v) is 5.33. The first-order valence-corrected chi connectivity index (χ1v) is 10.1. The first kappa shape index (κ1) is 20.8. The van der Waals surface area contributed by atoms with Gasteiger partial charge in [0.05, 0.1) is 19.3 Å². The van der Waals surface area contributed by atoms with E-state index >= 15 is 0 Å². The Morgan fingerprint density at radius 2 is 2.23 bits per heavy atom. The molecule has 0 bridgehead atoms. The Bertz CT molecular complexity index is 900. The topological polar surface area (TPSA) is 183 Å². The van der Waals surface area contributed by atoms with Crippen molar-refractivity contribution in [3.05, 3.63) is 32.6 Å². The molecular formula is C12H17N3O9P2. The van der Waals surface area contributed by atoms with Crippen molar-refractivity contribution in [2.45, 2.75) is 25.2 Å². The molecule has 0 spiro atoms. The van der Waals surface area contributed by atoms with Gasteiger partial charge in [-0.15, -0.1) is 0 Å². The van der Waals surface area contributed by atoms with E-state index in [4.69, 9.17) is 15.4 Å². The molecule has 0 radical (unpaired) electrons. The minimum absolute atomic E-state index is 0.0414. The highest BCUT2D eigenvalue weighted by Gasteiger charge is 2.31. The van der Waals surface area contributed by atoms with Crippen LogP contribution in [0.25, 0.3) is 0 Å². The lowest BCUT2D eigenvalue weighted by atomic mass is 10.2. The lowest BCUT2D eigenvalue weighted by Crippen LogP contribution is -2.33. The standard InChI is InChI=1S/C12H17N3O9P2/c13-5-1-2-8-6-15(12(17)14-11(8)16)10-4-3-9(23-10)7-22-26(20,21)24-25(18)19/h6,9-10,25H,3-5,7,13H2,(H,18,19)(H,20,21)(H,14,16,17)/t9-,10+/m0/s1. The van der Waals surface area contributed by atoms with Crippen molar-refractivity contribution in [1.29, 1.82) is 0 Å². The number of phosphoric ester groups is 1. The number of rotatable bonds is 6. The highest BCUT2D eigenvalue weighted by atomic mass is 31.2. The second-order valence-corrected chi connectivity index (χ2v) is 7.58. The molecule has 0 aliphatic carbocycles. The lowest BCUT2D eigenvalue weighted by Gasteiger charge is -2.17. The first-order chi connectivity index (χ1) is 12.2. The van der Waals surface area contributed by atoms with Gasteiger partial charge in [-0.05, 0) is 12.8 Å². The monoisotopic (exact) mass is 409 g/mol. The first-order valence-electron chi connectivity index (χ1n) is 7.31. The summed E-state index contributed by atoms with van der Waals surface area (Å²) in [4.78, 5) is 43.5. The van der Waals surface area contributed by atoms with Gasteiger partial charge in [0.15, 0.2) is 0 Å². The molecule has 1 aliphatic rings. The summed E-state index contributed by atoms with van der Waals surface area (Å²) in [5, 5.41) is 0. The van der Waals surface area contributed by atoms with Crippen LogP contribution in [-0.2, 0) is 22.7 Å². The van der Waals surface area contributed by atoms with Crippen molar-refractivity contribution in [2.75, 3.05) is 13.2 Å². The molecule has 0 amide bonds. The van der Waals surface area contributed by atoms with Crippen molar-refractivity contribution in [1.82, 2.24) is 9.55 Å². The molecule has 0 saturated carbocycles. The van der Waals surface area contributed by atoms with Crippen molar-refractivity contribution in [2.24, 2.45) is 5.73 Å². The minimum Gasteiger partial charge on any atom is -0.352 e. The number of aromatic nitrogens is 2. The molecular weight excluding hydrogens is 392 g/mol. The SMILES string of the molecule is NCC#Cc1cn([C@H]2CC[C@@H](COP(=O)(O)O[PH](=O)O)O2)c(=O)[nH]c1=O. The maximum Gasteiger partial charge on any atom is 0.479 e. The Labute approximate surface area is 147 Å². The molecule has 2 rings (SSSR count). The molecule has 144 valence electrons. The number of phosphoric acid groups is 1. The highest BCUT2D eigenvalue weighted by molar-refractivity contribution is 7.55. The number of hydrogen-bond acceptors (Lipinski definition) is 8. The van der Waals surface area contributed by atoms with Gasteiger partial charge in [-0.2, -0.15) is 0 Å². The predicted octanol–water partition coefficient (Wildman–Crippen LogP) is -0.960. The molecule has 4 atom stereocenters. The number of hydrogen-bond donors (Lipinski definition) is 4. The van der Waals surface area contributed by atoms with Crippen molar-refractivity contribution >= 4 is 16.1 Å². The number of ether oxygens (including phenoxy) is 1. The van der Waals surface area contributed by atoms with Crippen LogP contribution in [0.3, 0.4) is 0 Å². The summed E-state index contributed by atoms with van der Waals surface area (Å²) in [6.45, 7) is -0.348. The number of nitrogens with two attached hydrogens (primary N) is 1. The van der Waals surface area contributed by atoms with Crippen molar-refractivity contribution in [3.8, 4) is 11.8 Å². The normalized spacial score (nSPS) is 23.0. The highest BCUT2D eigenvalue weighted by Crippen LogP contribution is 2.51. The van der Waals surface area contributed by atoms with E-state index in [1.807, 2.05) is 0 Å². The number of H-pyrrole nitrogens is 1. The number of nitrogens with zero attached hydrogens (tertiary/aromatic N) is 1. The maximum atomic E-state index is 12.0. The Balaban J connectivity index is 2.07. The minimum atomic E-state index is -4.67. The van der Waals surface area contributed by atoms with Gasteiger partial charge >= 0.3 is 21.8 Å². The van der Waals surface area contributed by atoms with Crippen molar-refractivity contribution in [3.63, 3.8) is 0 Å². The van der Waals surface area contributed by atoms with E-state index in [-0.39, 0.29) is 12.1 Å². The smallest absolute Gasteiger partial charge is 0.352 e. The summed E-state index contributed by atoms with van der Waals surface area (Å²) in [6.07, 6.45) is 0.561. The van der Waals surface area contributed by atoms with Crippen molar-refractivity contribution < 1.29 is 32.5 Å². The second kappa shape index (κ2) is 8.90. The van der Waals surface area contributed by atoms with Gasteiger partial charge in [0.25, 0.3) is 5.56 Å². The largest absolute Gasteiger partial charge is 0.479 e. The van der Waals surface area contributed by atoms with E-state index < -0.39 is 46.3 Å². The van der Waals surface area contributed by atoms with Gasteiger partial charge < -0.3 is 20.3 Å². The van der Waals surface area contributed by atoms with Gasteiger partial charge in [0.1, 0.15) is 11.8 Å². The van der Waals surface area contributed by atoms with Crippen LogP contribution in [0.15, 0.2) is 15.8 Å². The molecule has 1 aromatic rings. The van der Waals surface area contributed by atoms with Gasteiger partial charge in [-0.25, -0.2) is 13.7 Å². The second-order valence-electron chi connectivity index (χ2n) is 5.13. The summed E-state index contributed by atoms with van der Waals surface area (Å²) in [6, 6.07) is 0. The summed E-state index contributed by atoms with van der Waals surface area (Å²) >= 11 is 0. The van der Waals surface area contributed by atoms with E-state index in [9.17, 15) is 23.6 Å². The summed E-state index contributed by atoms with van der Waals surface area (Å²) < 4.78 is 37.0. The van der Waals surface area contributed by atoms with E-state index in [1.54, 1.807) is 0 Å². The molecule has 1 aliphatic heterocycles. The van der Waals surface area contributed by atoms with E-state index in [2.05, 4.69) is 25.7 Å². The van der Waals surface area contributed by atoms with Gasteiger partial charge in [0, 0.05) is 6.20 Å². The average Bonchev–Trinajstić information content (AvgIpc) is 3.00. The van der Waals surface area contributed by atoms with Gasteiger partial charge in [-0.1, -0.05) is 11.8 Å². The Morgan fingerprint density at radius 3 is 2.88 bits per heavy atom. The van der Waals surface area contributed by atoms with Crippen LogP contribution < -0.4 is 17.0 Å². The van der Waals surface area contributed by atoms with E-state index in [0.717, 1.165) is 4.57 Å². The lowest BCUT2D eigenvalue weighted by molar-refractivity contribution is -0.0240. The fourth-order valence-corrected chi connectivity index (χ4v) is 3.61. The third kappa shape index (κ3) is 5.74. The Hall–Kier alpha value is -1.54. The summed E-state index contributed by atoms with van der Waals surface area (Å²) in [5.74, 6) is 5.05. The zero-order valence-electron chi connectivity index (χ0n) is 13.3. The molecule has 1 fully saturated rings. The van der Waals surface area contributed by atoms with Crippen LogP contribution in [0.4, 0.5) is 0 Å². The third-order valence-electron chi connectivity index (χ3n) is 3.31. The fourth-order valence-electron chi connectivity index (χ4n) is 2.25. The molecule has 1 aromatic heterocycles. The fraction of sp³-hybridized carbons (Fsp3) is 0.500. The predicted molar refractivity (Wildman–Crippen MR) is 88.5 cm³/mol. The van der Waals surface area contributed by atoms with Crippen LogP contribution in [0.5, 0.6) is 0 Å². The quantitative estimate of drug-likeness (QED) is 0.337. The van der Waals surface area contributed by atoms with Gasteiger partial charge in [-0.3, -0.25) is 23.4 Å². The molecule has 0 aromatic carbocycles. The Kier molecular flexibility index (Phi) is 7.11.